The van der Waals surface area contributed by atoms with Crippen molar-refractivity contribution in [3.05, 3.63) is 99.1 Å². The third kappa shape index (κ3) is 5.14. The van der Waals surface area contributed by atoms with E-state index < -0.39 is 4.92 Å². The van der Waals surface area contributed by atoms with Crippen LogP contribution in [0.25, 0.3) is 21.3 Å². The molecule has 202 valence electrons. The Balaban J connectivity index is 1.64. The van der Waals surface area contributed by atoms with Crippen molar-refractivity contribution in [1.82, 2.24) is 9.66 Å². The maximum Gasteiger partial charge on any atom is 0.283 e. The predicted molar refractivity (Wildman–Crippen MR) is 156 cm³/mol. The fourth-order valence-electron chi connectivity index (χ4n) is 4.08. The Morgan fingerprint density at radius 2 is 1.68 bits per heavy atom. The highest BCUT2D eigenvalue weighted by molar-refractivity contribution is 8.01. The summed E-state index contributed by atoms with van der Waals surface area (Å²) in [4.78, 5) is 30.5. The Morgan fingerprint density at radius 1 is 1.00 bits per heavy atom. The van der Waals surface area contributed by atoms with Crippen LogP contribution in [0.3, 0.4) is 0 Å². The van der Waals surface area contributed by atoms with E-state index in [4.69, 9.17) is 14.2 Å². The number of benzene rings is 3. The average Bonchev–Trinajstić information content (AvgIpc) is 3.35. The number of methoxy groups -OCH3 is 3. The molecule has 0 fully saturated rings. The molecule has 40 heavy (non-hydrogen) atoms. The van der Waals surface area contributed by atoms with E-state index in [9.17, 15) is 14.9 Å². The molecule has 5 aromatic rings. The summed E-state index contributed by atoms with van der Waals surface area (Å²) in [7, 11) is 4.55. The molecule has 0 spiro atoms. The van der Waals surface area contributed by atoms with E-state index in [-0.39, 0.29) is 11.2 Å². The minimum absolute atomic E-state index is 0.00992. The number of thiophene rings is 1. The quantitative estimate of drug-likeness (QED) is 0.118. The summed E-state index contributed by atoms with van der Waals surface area (Å²) in [5.74, 6) is 1.34. The van der Waals surface area contributed by atoms with Crippen molar-refractivity contribution >= 4 is 45.2 Å². The Kier molecular flexibility index (Phi) is 7.80. The number of nitrogens with zero attached hydrogens (tertiary/aromatic N) is 4. The van der Waals surface area contributed by atoms with Crippen molar-refractivity contribution in [3.63, 3.8) is 0 Å². The molecule has 0 aliphatic carbocycles. The third-order valence-corrected chi connectivity index (χ3v) is 8.26. The van der Waals surface area contributed by atoms with Gasteiger partial charge in [0, 0.05) is 17.2 Å². The van der Waals surface area contributed by atoms with Gasteiger partial charge in [-0.05, 0) is 23.8 Å². The minimum Gasteiger partial charge on any atom is -0.493 e. The molecule has 2 heterocycles. The van der Waals surface area contributed by atoms with Crippen molar-refractivity contribution in [2.75, 3.05) is 21.3 Å². The number of para-hydroxylation sites is 1. The average molecular weight is 575 g/mol. The highest BCUT2D eigenvalue weighted by Crippen LogP contribution is 2.46. The number of ether oxygens (including phenoxy) is 3. The van der Waals surface area contributed by atoms with Gasteiger partial charge < -0.3 is 14.2 Å². The van der Waals surface area contributed by atoms with Gasteiger partial charge in [0.05, 0.1) is 47.0 Å². The Bertz CT molecular complexity index is 1780. The zero-order valence-corrected chi connectivity index (χ0v) is 23.2. The van der Waals surface area contributed by atoms with Crippen LogP contribution in [0, 0.1) is 10.1 Å². The molecular weight excluding hydrogens is 552 g/mol. The fourth-order valence-corrected chi connectivity index (χ4v) is 6.56. The topological polar surface area (TPSA) is 118 Å². The van der Waals surface area contributed by atoms with Crippen LogP contribution in [-0.4, -0.2) is 42.1 Å². The van der Waals surface area contributed by atoms with Crippen LogP contribution in [0.4, 0.5) is 5.69 Å². The van der Waals surface area contributed by atoms with Crippen LogP contribution in [0.5, 0.6) is 17.2 Å². The molecule has 10 nitrogen and oxygen atoms in total. The molecule has 0 N–H and O–H groups in total. The molecule has 0 bridgehead atoms. The normalized spacial score (nSPS) is 11.2. The molecule has 5 rings (SSSR count). The molecule has 0 aliphatic rings. The van der Waals surface area contributed by atoms with Crippen molar-refractivity contribution < 1.29 is 19.1 Å². The van der Waals surface area contributed by atoms with Gasteiger partial charge in [-0.15, -0.1) is 11.3 Å². The molecule has 12 heteroatoms. The second-order valence-electron chi connectivity index (χ2n) is 8.24. The van der Waals surface area contributed by atoms with E-state index >= 15 is 0 Å². The van der Waals surface area contributed by atoms with Crippen LogP contribution >= 0.6 is 23.1 Å². The third-order valence-electron chi connectivity index (χ3n) is 5.91. The highest BCUT2D eigenvalue weighted by Gasteiger charge is 2.23. The van der Waals surface area contributed by atoms with Gasteiger partial charge in [-0.2, -0.15) is 9.78 Å². The number of rotatable bonds is 9. The second-order valence-corrected chi connectivity index (χ2v) is 10.5. The second kappa shape index (κ2) is 11.6. The van der Waals surface area contributed by atoms with Crippen molar-refractivity contribution in [1.29, 1.82) is 0 Å². The first-order chi connectivity index (χ1) is 19.4. The van der Waals surface area contributed by atoms with Gasteiger partial charge in [-0.1, -0.05) is 54.2 Å². The smallest absolute Gasteiger partial charge is 0.283 e. The van der Waals surface area contributed by atoms with Crippen LogP contribution in [0.15, 0.2) is 92.1 Å². The fraction of sp³-hybridized carbons (Fsp3) is 0.107. The predicted octanol–water partition coefficient (Wildman–Crippen LogP) is 6.09. The lowest BCUT2D eigenvalue weighted by Crippen LogP contribution is -2.16. The number of hydrogen-bond acceptors (Lipinski definition) is 10. The van der Waals surface area contributed by atoms with Crippen molar-refractivity contribution in [2.45, 2.75) is 9.10 Å². The van der Waals surface area contributed by atoms with Crippen LogP contribution < -0.4 is 19.8 Å². The minimum atomic E-state index is -0.416. The molecule has 0 unspecified atom stereocenters. The van der Waals surface area contributed by atoms with E-state index in [0.717, 1.165) is 10.2 Å². The number of nitro benzene ring substituents is 1. The van der Waals surface area contributed by atoms with E-state index in [0.29, 0.717) is 47.7 Å². The van der Waals surface area contributed by atoms with Gasteiger partial charge >= 0.3 is 0 Å². The Morgan fingerprint density at radius 3 is 2.33 bits per heavy atom. The number of fused-ring (bicyclic) bond motifs is 1. The maximum atomic E-state index is 13.8. The van der Waals surface area contributed by atoms with Gasteiger partial charge in [0.2, 0.25) is 5.75 Å². The summed E-state index contributed by atoms with van der Waals surface area (Å²) >= 11 is 2.54. The molecule has 0 atom stereocenters. The highest BCUT2D eigenvalue weighted by atomic mass is 32.2. The summed E-state index contributed by atoms with van der Waals surface area (Å²) in [5.41, 5.74) is 1.67. The van der Waals surface area contributed by atoms with E-state index in [1.165, 1.54) is 63.0 Å². The van der Waals surface area contributed by atoms with Crippen LogP contribution in [0.2, 0.25) is 0 Å². The summed E-state index contributed by atoms with van der Waals surface area (Å²) in [6.45, 7) is 0. The summed E-state index contributed by atoms with van der Waals surface area (Å²) in [6.07, 6.45) is 2.85. The first kappa shape index (κ1) is 26.9. The van der Waals surface area contributed by atoms with E-state index in [1.54, 1.807) is 30.3 Å². The van der Waals surface area contributed by atoms with Gasteiger partial charge in [-0.25, -0.2) is 4.98 Å². The van der Waals surface area contributed by atoms with Gasteiger partial charge in [0.25, 0.3) is 11.2 Å². The zero-order chi connectivity index (χ0) is 28.2. The molecular formula is C28H22N4O6S2. The lowest BCUT2D eigenvalue weighted by atomic mass is 10.1. The van der Waals surface area contributed by atoms with Gasteiger partial charge in [0.15, 0.2) is 11.5 Å². The summed E-state index contributed by atoms with van der Waals surface area (Å²) < 4.78 is 18.0. The van der Waals surface area contributed by atoms with Crippen molar-refractivity contribution in [3.8, 4) is 28.4 Å². The monoisotopic (exact) mass is 574 g/mol. The maximum absolute atomic E-state index is 13.8. The molecule has 2 aromatic heterocycles. The molecule has 0 saturated carbocycles. The number of aromatic nitrogens is 2. The lowest BCUT2D eigenvalue weighted by Gasteiger charge is -2.12. The molecule has 3 aromatic carbocycles. The van der Waals surface area contributed by atoms with E-state index in [2.05, 4.69) is 10.1 Å². The van der Waals surface area contributed by atoms with Gasteiger partial charge in [0.1, 0.15) is 11.2 Å². The Hall–Kier alpha value is -4.68. The van der Waals surface area contributed by atoms with Crippen LogP contribution in [-0.2, 0) is 0 Å². The zero-order valence-electron chi connectivity index (χ0n) is 21.6. The standard InChI is InChI=1S/C28H22N4O6S2/c1-36-20-13-17(14-21(37-2)25(20)38-3)15-30-31-16-29-26-24(27(31)33)23(18-9-5-4-6-10-18)28(40-26)39-22-12-8-7-11-19(22)32(34)35/h4-16H,1-3H3/b30-15-. The van der Waals surface area contributed by atoms with Gasteiger partial charge in [-0.3, -0.25) is 14.9 Å². The first-order valence-corrected chi connectivity index (χ1v) is 13.4. The SMILES string of the molecule is COc1cc(/C=N\n2cnc3sc(Sc4ccccc4[N+](=O)[O-])c(-c4ccccc4)c3c2=O)cc(OC)c1OC. The summed E-state index contributed by atoms with van der Waals surface area (Å²) in [6, 6.07) is 19.3. The van der Waals surface area contributed by atoms with E-state index in [1.807, 2.05) is 30.3 Å². The molecule has 0 saturated heterocycles. The molecule has 0 aliphatic heterocycles. The largest absolute Gasteiger partial charge is 0.493 e. The van der Waals surface area contributed by atoms with Crippen LogP contribution in [0.1, 0.15) is 5.56 Å². The molecule has 0 radical (unpaired) electrons. The Labute approximate surface area is 236 Å². The first-order valence-electron chi connectivity index (χ1n) is 11.8. The number of hydrogen-bond donors (Lipinski definition) is 0. The van der Waals surface area contributed by atoms with Crippen molar-refractivity contribution in [2.24, 2.45) is 5.10 Å². The lowest BCUT2D eigenvalue weighted by molar-refractivity contribution is -0.387. The molecule has 0 amide bonds. The number of nitro groups is 1. The summed E-state index contributed by atoms with van der Waals surface area (Å²) in [5, 5.41) is 16.4.